The molecule has 3 N–H and O–H groups in total. The smallest absolute Gasteiger partial charge is 0.411 e. The Morgan fingerprint density at radius 1 is 0.730 bits per heavy atom. The van der Waals surface area contributed by atoms with Gasteiger partial charge in [0.05, 0.1) is 62.5 Å². The molecule has 63 heavy (non-hydrogen) atoms. The largest absolute Gasteiger partial charge is 0.457 e. The molecular weight excluding hydrogens is 828 g/mol. The summed E-state index contributed by atoms with van der Waals surface area (Å²) in [4.78, 5) is 53.4. The van der Waals surface area contributed by atoms with Crippen LogP contribution in [-0.4, -0.2) is 97.3 Å². The summed E-state index contributed by atoms with van der Waals surface area (Å²) < 4.78 is 12.6. The highest BCUT2D eigenvalue weighted by Gasteiger charge is 2.40. The van der Waals surface area contributed by atoms with Crippen molar-refractivity contribution < 1.29 is 19.1 Å². The fraction of sp³-hybridized carbons (Fsp3) is 0.429. The summed E-state index contributed by atoms with van der Waals surface area (Å²) in [5.74, 6) is 4.86. The van der Waals surface area contributed by atoms with Crippen molar-refractivity contribution in [2.45, 2.75) is 102 Å². The lowest BCUT2D eigenvalue weighted by molar-refractivity contribution is 0.187. The molecule has 0 radical (unpaired) electrons. The summed E-state index contributed by atoms with van der Waals surface area (Å²) in [7, 11) is 2.54. The van der Waals surface area contributed by atoms with Crippen LogP contribution in [0.2, 0.25) is 0 Å². The molecule has 2 fully saturated rings. The van der Waals surface area contributed by atoms with Gasteiger partial charge in [0.25, 0.3) is 0 Å². The summed E-state index contributed by atoms with van der Waals surface area (Å²) in [5.41, 5.74) is 9.71. The molecule has 2 atom stereocenters. The summed E-state index contributed by atoms with van der Waals surface area (Å²) >= 11 is 4.60. The third-order valence-corrected chi connectivity index (χ3v) is 12.0. The van der Waals surface area contributed by atoms with Gasteiger partial charge in [-0.3, -0.25) is 24.4 Å². The van der Waals surface area contributed by atoms with Crippen molar-refractivity contribution in [1.82, 2.24) is 59.4 Å². The van der Waals surface area contributed by atoms with Crippen LogP contribution in [0.25, 0.3) is 34.2 Å². The summed E-state index contributed by atoms with van der Waals surface area (Å²) in [6, 6.07) is 4.80. The van der Waals surface area contributed by atoms with Crippen LogP contribution in [0, 0.1) is 0 Å². The second-order valence-corrected chi connectivity index (χ2v) is 15.7. The average Bonchev–Trinajstić information content (AvgIpc) is 4.17. The molecule has 2 aliphatic carbocycles. The van der Waals surface area contributed by atoms with E-state index in [1.54, 1.807) is 49.7 Å². The summed E-state index contributed by atoms with van der Waals surface area (Å²) in [6.45, 7) is 4.36. The van der Waals surface area contributed by atoms with E-state index in [1.807, 2.05) is 21.4 Å². The number of nitrogens with one attached hydrogen (secondary N) is 1. The van der Waals surface area contributed by atoms with E-state index in [2.05, 4.69) is 85.6 Å². The van der Waals surface area contributed by atoms with E-state index in [4.69, 9.17) is 20.4 Å². The van der Waals surface area contributed by atoms with Gasteiger partial charge >= 0.3 is 11.5 Å². The van der Waals surface area contributed by atoms with Gasteiger partial charge in [0.1, 0.15) is 24.0 Å². The highest BCUT2D eigenvalue weighted by atomic mass is 35.5. The highest BCUT2D eigenvalue weighted by molar-refractivity contribution is 6.61. The Bertz CT molecular complexity index is 2560. The van der Waals surface area contributed by atoms with Crippen LogP contribution in [0.5, 0.6) is 0 Å². The molecule has 328 valence electrons. The minimum Gasteiger partial charge on any atom is -0.457 e. The molecule has 6 aromatic heterocycles. The van der Waals surface area contributed by atoms with Crippen LogP contribution in [0.3, 0.4) is 0 Å². The van der Waals surface area contributed by atoms with Gasteiger partial charge in [-0.1, -0.05) is 39.5 Å². The first-order valence-electron chi connectivity index (χ1n) is 21.1. The molecule has 4 aliphatic rings. The lowest BCUT2D eigenvalue weighted by Crippen LogP contribution is -2.42. The molecule has 21 heteroatoms. The number of anilines is 4. The molecule has 20 nitrogen and oxygen atoms in total. The molecular formula is C42H49ClN16O4. The van der Waals surface area contributed by atoms with Crippen molar-refractivity contribution in [2.75, 3.05) is 35.1 Å². The van der Waals surface area contributed by atoms with Crippen molar-refractivity contribution >= 4 is 46.1 Å². The number of aromatic nitrogens is 12. The monoisotopic (exact) mass is 876 g/mol. The second kappa shape index (κ2) is 19.1. The standard InChI is InChI=1S/C21H24N8O2.C19H22N8.C2H3ClO2/c1-3-16-20-27-24-12-28(20)17-11-23-18(26-19(17)29(16)13-6-4-5-7-13)14-8-9-22-10-15(14)25-21(30)31-2;1-2-15-19-25-23-11-26(19)16-10-22-17(13-7-8-21-9-14(13)20)24-18(16)27(15)12-5-3-4-6-12;1-5-2(3)4/h8-13,16H,3-7H2,1-2H3,(H,25,30);7-12,15H,2-6,20H2,1H3;1H3/t16-;15-;/m11./s1. The van der Waals surface area contributed by atoms with Crippen LogP contribution in [0.1, 0.15) is 102 Å². The molecule has 0 aromatic carbocycles. The molecule has 8 heterocycles. The van der Waals surface area contributed by atoms with Crippen molar-refractivity contribution in [3.8, 4) is 34.2 Å². The molecule has 2 saturated carbocycles. The first kappa shape index (κ1) is 42.8. The quantitative estimate of drug-likeness (QED) is 0.148. The Morgan fingerprint density at radius 3 is 1.67 bits per heavy atom. The number of pyridine rings is 2. The van der Waals surface area contributed by atoms with Gasteiger partial charge < -0.3 is 25.0 Å². The average molecular weight is 877 g/mol. The molecule has 1 amide bonds. The lowest BCUT2D eigenvalue weighted by Gasteiger charge is -2.40. The maximum Gasteiger partial charge on any atom is 0.411 e. The topological polar surface area (TPSA) is 236 Å². The Kier molecular flexibility index (Phi) is 13.0. The number of halogens is 1. The number of carbonyl (C=O) groups is 2. The molecule has 0 spiro atoms. The van der Waals surface area contributed by atoms with Gasteiger partial charge in [-0.2, -0.15) is 0 Å². The van der Waals surface area contributed by atoms with Crippen LogP contribution < -0.4 is 20.9 Å². The van der Waals surface area contributed by atoms with Crippen LogP contribution >= 0.6 is 11.6 Å². The molecule has 2 aliphatic heterocycles. The summed E-state index contributed by atoms with van der Waals surface area (Å²) in [6.07, 6.45) is 24.6. The van der Waals surface area contributed by atoms with E-state index in [-0.39, 0.29) is 12.1 Å². The van der Waals surface area contributed by atoms with Crippen molar-refractivity contribution in [2.24, 2.45) is 0 Å². The number of fused-ring (bicyclic) bond motifs is 6. The Balaban J connectivity index is 0.000000157. The fourth-order valence-corrected chi connectivity index (χ4v) is 9.01. The molecule has 10 rings (SSSR count). The predicted octanol–water partition coefficient (Wildman–Crippen LogP) is 7.42. The normalized spacial score (nSPS) is 17.5. The van der Waals surface area contributed by atoms with Crippen molar-refractivity contribution in [3.05, 3.63) is 73.6 Å². The van der Waals surface area contributed by atoms with E-state index in [9.17, 15) is 9.59 Å². The SMILES string of the molecule is CC[C@@H]1c2nncn2-c2cnc(-c3ccncc3N)nc2N1C1CCCC1.CC[C@@H]1c2nncn2-c2cnc(-c3ccncc3NC(=O)OC)nc2N1C1CCCC1.COC(=O)Cl. The number of hydrogen-bond acceptors (Lipinski definition) is 17. The number of rotatable bonds is 7. The van der Waals surface area contributed by atoms with Gasteiger partial charge in [-0.15, -0.1) is 20.4 Å². The van der Waals surface area contributed by atoms with Gasteiger partial charge in [-0.05, 0) is 50.7 Å². The van der Waals surface area contributed by atoms with E-state index in [0.29, 0.717) is 40.7 Å². The number of ether oxygens (including phenoxy) is 2. The first-order valence-corrected chi connectivity index (χ1v) is 21.5. The number of nitrogens with two attached hydrogens (primary N) is 1. The Labute approximate surface area is 368 Å². The number of amides is 1. The Hall–Kier alpha value is -6.83. The zero-order chi connectivity index (χ0) is 44.0. The second-order valence-electron chi connectivity index (χ2n) is 15.4. The summed E-state index contributed by atoms with van der Waals surface area (Å²) in [5, 5.41) is 19.8. The zero-order valence-corrected chi connectivity index (χ0v) is 36.3. The number of methoxy groups -OCH3 is 2. The van der Waals surface area contributed by atoms with E-state index < -0.39 is 11.5 Å². The fourth-order valence-electron chi connectivity index (χ4n) is 9.01. The number of carbonyl (C=O) groups excluding carboxylic acids is 2. The zero-order valence-electron chi connectivity index (χ0n) is 35.5. The molecule has 0 saturated heterocycles. The van der Waals surface area contributed by atoms with Crippen LogP contribution in [-0.2, 0) is 9.47 Å². The predicted molar refractivity (Wildman–Crippen MR) is 235 cm³/mol. The minimum absolute atomic E-state index is 0.103. The van der Waals surface area contributed by atoms with Crippen molar-refractivity contribution in [3.63, 3.8) is 0 Å². The first-order chi connectivity index (χ1) is 30.8. The van der Waals surface area contributed by atoms with Crippen molar-refractivity contribution in [1.29, 1.82) is 0 Å². The maximum atomic E-state index is 11.8. The van der Waals surface area contributed by atoms with E-state index in [1.165, 1.54) is 52.7 Å². The van der Waals surface area contributed by atoms with Gasteiger partial charge in [0.2, 0.25) is 0 Å². The number of nitrogen functional groups attached to an aromatic ring is 1. The van der Waals surface area contributed by atoms with Crippen LogP contribution in [0.4, 0.5) is 32.6 Å². The third-order valence-electron chi connectivity index (χ3n) is 11.9. The number of hydrogen-bond donors (Lipinski definition) is 2. The maximum absolute atomic E-state index is 11.8. The molecule has 6 aromatic rings. The van der Waals surface area contributed by atoms with E-state index >= 15 is 0 Å². The Morgan fingerprint density at radius 2 is 1.21 bits per heavy atom. The third kappa shape index (κ3) is 8.54. The van der Waals surface area contributed by atoms with Crippen LogP contribution in [0.15, 0.2) is 62.0 Å². The van der Waals surface area contributed by atoms with Gasteiger partial charge in [0, 0.05) is 47.2 Å². The lowest BCUT2D eigenvalue weighted by atomic mass is 10.0. The number of nitrogens with zero attached hydrogens (tertiary/aromatic N) is 14. The molecule has 0 bridgehead atoms. The van der Waals surface area contributed by atoms with Gasteiger partial charge in [0.15, 0.2) is 34.9 Å². The minimum atomic E-state index is -0.773. The molecule has 0 unspecified atom stereocenters. The van der Waals surface area contributed by atoms with Gasteiger partial charge in [-0.25, -0.2) is 29.5 Å². The highest BCUT2D eigenvalue weighted by Crippen LogP contribution is 2.45. The van der Waals surface area contributed by atoms with E-state index in [0.717, 1.165) is 65.9 Å².